The number of benzene rings is 2. The van der Waals surface area contributed by atoms with E-state index < -0.39 is 0 Å². The maximum absolute atomic E-state index is 12.6. The van der Waals surface area contributed by atoms with Gasteiger partial charge in [0.05, 0.1) is 5.25 Å². The molecule has 7 nitrogen and oxygen atoms in total. The van der Waals surface area contributed by atoms with Gasteiger partial charge in [-0.25, -0.2) is 0 Å². The fourth-order valence-electron chi connectivity index (χ4n) is 3.21. The van der Waals surface area contributed by atoms with Gasteiger partial charge < -0.3 is 14.8 Å². The fourth-order valence-corrected chi connectivity index (χ4v) is 4.10. The molecule has 0 spiro atoms. The van der Waals surface area contributed by atoms with Crippen LogP contribution >= 0.6 is 11.8 Å². The molecule has 2 unspecified atom stereocenters. The lowest BCUT2D eigenvalue weighted by Gasteiger charge is -2.26. The lowest BCUT2D eigenvalue weighted by Crippen LogP contribution is -2.30. The van der Waals surface area contributed by atoms with E-state index in [2.05, 4.69) is 22.1 Å². The molecule has 2 aromatic carbocycles. The Hall–Kier alpha value is -3.26. The average molecular weight is 437 g/mol. The van der Waals surface area contributed by atoms with Crippen LogP contribution in [0.3, 0.4) is 0 Å². The number of carbonyl (C=O) groups excluding carboxylic acids is 1. The Morgan fingerprint density at radius 1 is 1.23 bits per heavy atom. The van der Waals surface area contributed by atoms with Gasteiger partial charge in [-0.1, -0.05) is 60.3 Å². The van der Waals surface area contributed by atoms with E-state index in [0.717, 1.165) is 5.56 Å². The Bertz CT molecular complexity index is 1050. The second kappa shape index (κ2) is 9.70. The first kappa shape index (κ1) is 21.0. The van der Waals surface area contributed by atoms with Crippen LogP contribution in [0, 0.1) is 0 Å². The van der Waals surface area contributed by atoms with E-state index >= 15 is 0 Å². The van der Waals surface area contributed by atoms with E-state index in [1.807, 2.05) is 66.1 Å². The third-order valence-electron chi connectivity index (χ3n) is 4.81. The minimum Gasteiger partial charge on any atom is -0.485 e. The molecule has 160 valence electrons. The molecule has 1 amide bonds. The normalized spacial score (nSPS) is 15.8. The molecule has 3 aromatic rings. The van der Waals surface area contributed by atoms with Crippen LogP contribution in [0.4, 0.5) is 0 Å². The summed E-state index contributed by atoms with van der Waals surface area (Å²) in [5.74, 6) is 1.98. The number of allylic oxidation sites excluding steroid dienone is 1. The van der Waals surface area contributed by atoms with Crippen molar-refractivity contribution < 1.29 is 14.3 Å². The van der Waals surface area contributed by atoms with Crippen LogP contribution in [0.2, 0.25) is 0 Å². The third-order valence-corrected chi connectivity index (χ3v) is 5.90. The smallest absolute Gasteiger partial charge is 0.233 e. The second-order valence-corrected chi connectivity index (χ2v) is 8.38. The molecule has 0 saturated heterocycles. The Labute approximate surface area is 185 Å². The molecule has 0 bridgehead atoms. The topological polar surface area (TPSA) is 78.3 Å². The monoisotopic (exact) mass is 436 g/mol. The van der Waals surface area contributed by atoms with Crippen LogP contribution in [-0.4, -0.2) is 32.5 Å². The first-order valence-corrected chi connectivity index (χ1v) is 10.9. The Morgan fingerprint density at radius 3 is 2.74 bits per heavy atom. The summed E-state index contributed by atoms with van der Waals surface area (Å²) >= 11 is 1.36. The van der Waals surface area contributed by atoms with Crippen molar-refractivity contribution in [3.05, 3.63) is 78.6 Å². The molecule has 1 aromatic heterocycles. The highest BCUT2D eigenvalue weighted by Crippen LogP contribution is 2.36. The first-order chi connectivity index (χ1) is 15.2. The Kier molecular flexibility index (Phi) is 6.57. The molecule has 2 heterocycles. The molecule has 0 radical (unpaired) electrons. The predicted molar refractivity (Wildman–Crippen MR) is 119 cm³/mol. The molecule has 1 aliphatic heterocycles. The number of rotatable bonds is 8. The molecule has 8 heteroatoms. The number of hydrogen-bond donors (Lipinski definition) is 1. The highest BCUT2D eigenvalue weighted by Gasteiger charge is 2.29. The zero-order chi connectivity index (χ0) is 21.6. The van der Waals surface area contributed by atoms with Crippen molar-refractivity contribution in [2.45, 2.75) is 36.5 Å². The van der Waals surface area contributed by atoms with Gasteiger partial charge >= 0.3 is 0 Å². The summed E-state index contributed by atoms with van der Waals surface area (Å²) in [5, 5.41) is 11.9. The quantitative estimate of drug-likeness (QED) is 0.428. The van der Waals surface area contributed by atoms with E-state index in [-0.39, 0.29) is 17.3 Å². The minimum atomic E-state index is -0.390. The van der Waals surface area contributed by atoms with Crippen molar-refractivity contribution in [2.24, 2.45) is 0 Å². The highest BCUT2D eigenvalue weighted by molar-refractivity contribution is 8.00. The predicted octanol–water partition coefficient (Wildman–Crippen LogP) is 3.77. The number of aromatic nitrogens is 3. The highest BCUT2D eigenvalue weighted by atomic mass is 32.2. The molecule has 0 saturated carbocycles. The number of fused-ring (bicyclic) bond motifs is 1. The molecule has 1 N–H and O–H groups in total. The SMILES string of the molecule is C=CCn1c(SC(C)C(=O)NCc2ccccc2)nnc1C1COc2ccccc2O1. The zero-order valence-electron chi connectivity index (χ0n) is 17.2. The maximum Gasteiger partial charge on any atom is 0.233 e. The summed E-state index contributed by atoms with van der Waals surface area (Å²) in [7, 11) is 0. The van der Waals surface area contributed by atoms with E-state index in [9.17, 15) is 4.79 Å². The van der Waals surface area contributed by atoms with Crippen LogP contribution in [0.25, 0.3) is 0 Å². The number of nitrogens with one attached hydrogen (secondary N) is 1. The summed E-state index contributed by atoms with van der Waals surface area (Å²) in [6.07, 6.45) is 1.38. The van der Waals surface area contributed by atoms with Gasteiger partial charge in [-0.15, -0.1) is 16.8 Å². The maximum atomic E-state index is 12.6. The van der Waals surface area contributed by atoms with Crippen LogP contribution in [0.1, 0.15) is 24.4 Å². The molecule has 0 aliphatic carbocycles. The van der Waals surface area contributed by atoms with Crippen molar-refractivity contribution >= 4 is 17.7 Å². The molecular weight excluding hydrogens is 412 g/mol. The van der Waals surface area contributed by atoms with Gasteiger partial charge in [0.2, 0.25) is 5.91 Å². The van der Waals surface area contributed by atoms with E-state index in [0.29, 0.717) is 42.2 Å². The first-order valence-electron chi connectivity index (χ1n) is 10.1. The number of amides is 1. The van der Waals surface area contributed by atoms with Crippen LogP contribution in [0.5, 0.6) is 11.5 Å². The minimum absolute atomic E-state index is 0.0604. The molecule has 0 fully saturated rings. The average Bonchev–Trinajstić information content (AvgIpc) is 3.20. The van der Waals surface area contributed by atoms with Crippen LogP contribution < -0.4 is 14.8 Å². The van der Waals surface area contributed by atoms with Gasteiger partial charge in [0, 0.05) is 13.1 Å². The molecule has 31 heavy (non-hydrogen) atoms. The number of thioether (sulfide) groups is 1. The van der Waals surface area contributed by atoms with E-state index in [1.165, 1.54) is 11.8 Å². The summed E-state index contributed by atoms with van der Waals surface area (Å²) in [4.78, 5) is 12.6. The van der Waals surface area contributed by atoms with Crippen molar-refractivity contribution in [1.29, 1.82) is 0 Å². The van der Waals surface area contributed by atoms with Crippen molar-refractivity contribution in [2.75, 3.05) is 6.61 Å². The lowest BCUT2D eigenvalue weighted by atomic mass is 10.2. The van der Waals surface area contributed by atoms with Gasteiger partial charge in [0.25, 0.3) is 0 Å². The number of carbonyl (C=O) groups is 1. The van der Waals surface area contributed by atoms with Crippen LogP contribution in [0.15, 0.2) is 72.4 Å². The van der Waals surface area contributed by atoms with Gasteiger partial charge in [-0.3, -0.25) is 9.36 Å². The van der Waals surface area contributed by atoms with E-state index in [1.54, 1.807) is 6.08 Å². The zero-order valence-corrected chi connectivity index (χ0v) is 18.0. The number of para-hydroxylation sites is 2. The summed E-state index contributed by atoms with van der Waals surface area (Å²) in [6.45, 7) is 7.02. The van der Waals surface area contributed by atoms with Crippen LogP contribution in [-0.2, 0) is 17.9 Å². The Balaban J connectivity index is 1.44. The van der Waals surface area contributed by atoms with E-state index in [4.69, 9.17) is 9.47 Å². The van der Waals surface area contributed by atoms with Gasteiger partial charge in [-0.2, -0.15) is 0 Å². The van der Waals surface area contributed by atoms with Gasteiger partial charge in [0.15, 0.2) is 28.6 Å². The van der Waals surface area contributed by atoms with Gasteiger partial charge in [-0.05, 0) is 24.6 Å². The second-order valence-electron chi connectivity index (χ2n) is 7.07. The summed E-state index contributed by atoms with van der Waals surface area (Å²) in [5.41, 5.74) is 1.06. The number of ether oxygens (including phenoxy) is 2. The fraction of sp³-hybridized carbons (Fsp3) is 0.261. The molecular formula is C23H24N4O3S. The molecule has 4 rings (SSSR count). The summed E-state index contributed by atoms with van der Waals surface area (Å²) in [6, 6.07) is 17.4. The van der Waals surface area contributed by atoms with Crippen molar-refractivity contribution in [1.82, 2.24) is 20.1 Å². The molecule has 1 aliphatic rings. The largest absolute Gasteiger partial charge is 0.485 e. The number of nitrogens with zero attached hydrogens (tertiary/aromatic N) is 3. The molecule has 2 atom stereocenters. The van der Waals surface area contributed by atoms with Crippen molar-refractivity contribution in [3.8, 4) is 11.5 Å². The van der Waals surface area contributed by atoms with Crippen molar-refractivity contribution in [3.63, 3.8) is 0 Å². The Morgan fingerprint density at radius 2 is 1.97 bits per heavy atom. The third kappa shape index (κ3) is 4.91. The number of hydrogen-bond acceptors (Lipinski definition) is 6. The summed E-state index contributed by atoms with van der Waals surface area (Å²) < 4.78 is 13.8. The lowest BCUT2D eigenvalue weighted by molar-refractivity contribution is -0.120. The standard InChI is InChI=1S/C23H24N4O3S/c1-3-13-27-21(20-15-29-18-11-7-8-12-19(18)30-20)25-26-23(27)31-16(2)22(28)24-14-17-9-5-4-6-10-17/h3-12,16,20H,1,13-15H2,2H3,(H,24,28). The van der Waals surface area contributed by atoms with Gasteiger partial charge in [0.1, 0.15) is 6.61 Å².